The first-order chi connectivity index (χ1) is 17.8. The summed E-state index contributed by atoms with van der Waals surface area (Å²) in [7, 11) is 0. The number of benzene rings is 2. The maximum absolute atomic E-state index is 12.8. The van der Waals surface area contributed by atoms with Gasteiger partial charge in [0.15, 0.2) is 0 Å². The van der Waals surface area contributed by atoms with Gasteiger partial charge in [-0.15, -0.1) is 0 Å². The lowest BCUT2D eigenvalue weighted by atomic mass is 9.99. The second-order valence-electron chi connectivity index (χ2n) is 11.9. The maximum Gasteiger partial charge on any atom is 0.419 e. The van der Waals surface area contributed by atoms with E-state index in [1.165, 1.54) is 0 Å². The number of amides is 2. The minimum atomic E-state index is -0.743. The summed E-state index contributed by atoms with van der Waals surface area (Å²) in [5, 5.41) is 12.4. The number of aromatic nitrogens is 2. The largest absolute Gasteiger partial charge is 0.443 e. The summed E-state index contributed by atoms with van der Waals surface area (Å²) >= 11 is 0. The average Bonchev–Trinajstić information content (AvgIpc) is 3.32. The van der Waals surface area contributed by atoms with Gasteiger partial charge in [0.2, 0.25) is 0 Å². The summed E-state index contributed by atoms with van der Waals surface area (Å²) in [4.78, 5) is 31.1. The first-order valence-corrected chi connectivity index (χ1v) is 13.0. The van der Waals surface area contributed by atoms with E-state index in [1.54, 1.807) is 47.9 Å². The molecular formula is C30H36N4O4. The van der Waals surface area contributed by atoms with Gasteiger partial charge in [0.1, 0.15) is 16.6 Å². The number of carbonyl (C=O) groups excluding carboxylic acids is 2. The van der Waals surface area contributed by atoms with Crippen LogP contribution in [0.25, 0.3) is 16.5 Å². The van der Waals surface area contributed by atoms with E-state index >= 15 is 0 Å². The lowest BCUT2D eigenvalue weighted by Gasteiger charge is -2.28. The lowest BCUT2D eigenvalue weighted by Crippen LogP contribution is -2.44. The molecule has 1 aliphatic carbocycles. The van der Waals surface area contributed by atoms with Crippen molar-refractivity contribution in [3.8, 4) is 11.8 Å². The number of fused-ring (bicyclic) bond motifs is 1. The van der Waals surface area contributed by atoms with Crippen molar-refractivity contribution < 1.29 is 19.1 Å². The highest BCUT2D eigenvalue weighted by Gasteiger charge is 2.57. The van der Waals surface area contributed by atoms with Crippen molar-refractivity contribution in [1.82, 2.24) is 14.5 Å². The standard InChI is InChI=1S/C30H36N4O4/c1-28(2,3)37-26(35)34(27(36)38-29(4,5)6)16-10-13-22-17-30(22,19-31)25-18-33(20-32-25)24-15-9-12-21-11-7-8-14-23(21)24/h7-9,11-12,14-15,18,20,22H,10,13,16-17H2,1-6H3. The Hall–Kier alpha value is -3.86. The molecule has 2 amide bonds. The SMILES string of the molecule is CC(C)(C)OC(=O)N(CCCC1CC1(C#N)c1cn(-c2cccc3ccccc23)cn1)C(=O)OC(C)(C)C. The van der Waals surface area contributed by atoms with Gasteiger partial charge in [0.25, 0.3) is 0 Å². The number of carbonyl (C=O) groups is 2. The molecule has 8 heteroatoms. The number of ether oxygens (including phenoxy) is 2. The first kappa shape index (κ1) is 27.2. The average molecular weight is 517 g/mol. The molecule has 0 saturated heterocycles. The molecule has 1 heterocycles. The molecule has 200 valence electrons. The van der Waals surface area contributed by atoms with Crippen LogP contribution < -0.4 is 0 Å². The van der Waals surface area contributed by atoms with Gasteiger partial charge in [0, 0.05) is 18.1 Å². The highest BCUT2D eigenvalue weighted by Crippen LogP contribution is 2.55. The zero-order valence-electron chi connectivity index (χ0n) is 23.0. The van der Waals surface area contributed by atoms with Crippen LogP contribution in [-0.4, -0.2) is 44.4 Å². The molecule has 0 spiro atoms. The van der Waals surface area contributed by atoms with Crippen LogP contribution in [0.5, 0.6) is 0 Å². The predicted molar refractivity (Wildman–Crippen MR) is 145 cm³/mol. The van der Waals surface area contributed by atoms with Gasteiger partial charge in [-0.3, -0.25) is 0 Å². The van der Waals surface area contributed by atoms with E-state index in [0.29, 0.717) is 19.3 Å². The van der Waals surface area contributed by atoms with E-state index in [1.807, 2.05) is 35.0 Å². The minimum Gasteiger partial charge on any atom is -0.443 e. The number of nitrogens with zero attached hydrogens (tertiary/aromatic N) is 4. The predicted octanol–water partition coefficient (Wildman–Crippen LogP) is 6.76. The molecule has 1 aromatic heterocycles. The minimum absolute atomic E-state index is 0.0856. The quantitative estimate of drug-likeness (QED) is 0.359. The molecule has 3 aromatic rings. The van der Waals surface area contributed by atoms with E-state index < -0.39 is 28.8 Å². The third-order valence-electron chi connectivity index (χ3n) is 6.55. The number of nitriles is 1. The monoisotopic (exact) mass is 516 g/mol. The maximum atomic E-state index is 12.8. The zero-order valence-corrected chi connectivity index (χ0v) is 23.0. The van der Waals surface area contributed by atoms with E-state index in [-0.39, 0.29) is 12.5 Å². The van der Waals surface area contributed by atoms with Crippen molar-refractivity contribution in [2.75, 3.05) is 6.54 Å². The number of imide groups is 1. The summed E-state index contributed by atoms with van der Waals surface area (Å²) in [5.74, 6) is 0.0856. The molecule has 1 aliphatic rings. The molecule has 8 nitrogen and oxygen atoms in total. The van der Waals surface area contributed by atoms with Crippen molar-refractivity contribution in [2.45, 2.75) is 77.4 Å². The molecule has 2 atom stereocenters. The summed E-state index contributed by atoms with van der Waals surface area (Å²) < 4.78 is 12.8. The highest BCUT2D eigenvalue weighted by atomic mass is 16.6. The lowest BCUT2D eigenvalue weighted by molar-refractivity contribution is 0.00112. The van der Waals surface area contributed by atoms with E-state index in [2.05, 4.69) is 29.3 Å². The first-order valence-electron chi connectivity index (χ1n) is 13.0. The fraction of sp³-hybridized carbons (Fsp3) is 0.467. The summed E-state index contributed by atoms with van der Waals surface area (Å²) in [6.07, 6.45) is 4.12. The van der Waals surface area contributed by atoms with E-state index in [9.17, 15) is 14.9 Å². The van der Waals surface area contributed by atoms with Crippen LogP contribution in [0.1, 0.15) is 66.5 Å². The van der Waals surface area contributed by atoms with Crippen molar-refractivity contribution in [3.05, 3.63) is 60.7 Å². The second-order valence-corrected chi connectivity index (χ2v) is 11.9. The molecule has 38 heavy (non-hydrogen) atoms. The van der Waals surface area contributed by atoms with Gasteiger partial charge < -0.3 is 14.0 Å². The Labute approximate surface area is 224 Å². The summed E-state index contributed by atoms with van der Waals surface area (Å²) in [6.45, 7) is 10.7. The van der Waals surface area contributed by atoms with Gasteiger partial charge in [-0.05, 0) is 78.2 Å². The van der Waals surface area contributed by atoms with Crippen molar-refractivity contribution in [1.29, 1.82) is 5.26 Å². The van der Waals surface area contributed by atoms with E-state index in [4.69, 9.17) is 9.47 Å². The number of hydrogen-bond acceptors (Lipinski definition) is 6. The molecule has 0 N–H and O–H groups in total. The number of imidazole rings is 1. The number of rotatable bonds is 6. The Morgan fingerprint density at radius 3 is 2.32 bits per heavy atom. The van der Waals surface area contributed by atoms with Crippen LogP contribution in [0.15, 0.2) is 55.0 Å². The smallest absolute Gasteiger partial charge is 0.419 e. The van der Waals surface area contributed by atoms with Crippen LogP contribution >= 0.6 is 0 Å². The van der Waals surface area contributed by atoms with Gasteiger partial charge in [-0.25, -0.2) is 19.5 Å². The van der Waals surface area contributed by atoms with Crippen molar-refractivity contribution >= 4 is 23.0 Å². The van der Waals surface area contributed by atoms with Gasteiger partial charge in [0.05, 0.1) is 23.8 Å². The van der Waals surface area contributed by atoms with Crippen molar-refractivity contribution in [2.24, 2.45) is 5.92 Å². The Morgan fingerprint density at radius 1 is 1.05 bits per heavy atom. The third kappa shape index (κ3) is 5.99. The fourth-order valence-corrected chi connectivity index (χ4v) is 4.69. The molecular weight excluding hydrogens is 480 g/mol. The zero-order chi connectivity index (χ0) is 27.7. The Balaban J connectivity index is 1.44. The molecule has 2 aromatic carbocycles. The van der Waals surface area contributed by atoms with Crippen LogP contribution in [0.2, 0.25) is 0 Å². The Kier molecular flexibility index (Phi) is 7.24. The van der Waals surface area contributed by atoms with Crippen LogP contribution in [-0.2, 0) is 14.9 Å². The van der Waals surface area contributed by atoms with Gasteiger partial charge in [-0.2, -0.15) is 5.26 Å². The van der Waals surface area contributed by atoms with Gasteiger partial charge in [-0.1, -0.05) is 36.4 Å². The molecule has 1 fully saturated rings. The fourth-order valence-electron chi connectivity index (χ4n) is 4.69. The Bertz CT molecular complexity index is 1340. The molecule has 1 saturated carbocycles. The second kappa shape index (κ2) is 10.1. The molecule has 4 rings (SSSR count). The molecule has 0 aliphatic heterocycles. The Morgan fingerprint density at radius 2 is 1.68 bits per heavy atom. The van der Waals surface area contributed by atoms with Crippen LogP contribution in [0.3, 0.4) is 0 Å². The third-order valence-corrected chi connectivity index (χ3v) is 6.55. The summed E-state index contributed by atoms with van der Waals surface area (Å²) in [5.41, 5.74) is -0.399. The number of hydrogen-bond donors (Lipinski definition) is 0. The highest BCUT2D eigenvalue weighted by molar-refractivity contribution is 5.90. The molecule has 0 radical (unpaired) electrons. The summed E-state index contributed by atoms with van der Waals surface area (Å²) in [6, 6.07) is 16.8. The van der Waals surface area contributed by atoms with Crippen LogP contribution in [0.4, 0.5) is 9.59 Å². The van der Waals surface area contributed by atoms with Crippen molar-refractivity contribution in [3.63, 3.8) is 0 Å². The topological polar surface area (TPSA) is 97.5 Å². The normalized spacial score (nSPS) is 19.0. The van der Waals surface area contributed by atoms with Gasteiger partial charge >= 0.3 is 12.2 Å². The van der Waals surface area contributed by atoms with E-state index in [0.717, 1.165) is 27.1 Å². The van der Waals surface area contributed by atoms with Crippen LogP contribution in [0, 0.1) is 17.2 Å². The molecule has 0 bridgehead atoms. The molecule has 2 unspecified atom stereocenters.